The molecule has 4 fully saturated rings. The van der Waals surface area contributed by atoms with E-state index in [1.807, 2.05) is 0 Å². The summed E-state index contributed by atoms with van der Waals surface area (Å²) < 4.78 is 30.4. The fourth-order valence-corrected chi connectivity index (χ4v) is 11.8. The van der Waals surface area contributed by atoms with Crippen LogP contribution in [0.3, 0.4) is 0 Å². The highest BCUT2D eigenvalue weighted by Gasteiger charge is 2.48. The topological polar surface area (TPSA) is 166 Å². The SMILES string of the molecule is CC1(C)CC(COC(=O)c2ccc(Oc3ccc(C(=O)OCC4CC(C)(C)NC4(C)C)c(C(O)OCC4CC(C)(C)NC4(C)C)c3)cc2C(=O)OCC2CC(C)(C)NC2(C)C)C(C)(C)N1. The first kappa shape index (κ1) is 50.8. The number of hydrogen-bond donors (Lipinski definition) is 5. The number of ether oxygens (including phenoxy) is 5. The van der Waals surface area contributed by atoms with Crippen molar-refractivity contribution >= 4 is 17.9 Å². The highest BCUT2D eigenvalue weighted by atomic mass is 16.6. The minimum atomic E-state index is -1.49. The van der Waals surface area contributed by atoms with Crippen LogP contribution < -0.4 is 26.0 Å². The zero-order valence-electron chi connectivity index (χ0n) is 42.2. The lowest BCUT2D eigenvalue weighted by atomic mass is 9.88. The van der Waals surface area contributed by atoms with Crippen molar-refractivity contribution in [1.29, 1.82) is 0 Å². The summed E-state index contributed by atoms with van der Waals surface area (Å²) in [4.78, 5) is 41.9. The van der Waals surface area contributed by atoms with E-state index in [9.17, 15) is 19.5 Å². The Morgan fingerprint density at radius 1 is 0.492 bits per heavy atom. The Morgan fingerprint density at radius 3 is 1.18 bits per heavy atom. The number of carbonyl (C=O) groups is 3. The lowest BCUT2D eigenvalue weighted by molar-refractivity contribution is -0.117. The largest absolute Gasteiger partial charge is 0.462 e. The van der Waals surface area contributed by atoms with Crippen LogP contribution in [0.15, 0.2) is 36.4 Å². The van der Waals surface area contributed by atoms with Gasteiger partial charge in [-0.25, -0.2) is 14.4 Å². The number of nitrogens with one attached hydrogen (secondary N) is 4. The Balaban J connectivity index is 1.27. The smallest absolute Gasteiger partial charge is 0.339 e. The van der Waals surface area contributed by atoms with Gasteiger partial charge in [0.2, 0.25) is 0 Å². The average Bonchev–Trinajstić information content (AvgIpc) is 3.71. The summed E-state index contributed by atoms with van der Waals surface area (Å²) >= 11 is 0. The van der Waals surface area contributed by atoms with Gasteiger partial charge in [-0.05, 0) is 173 Å². The molecule has 5 N–H and O–H groups in total. The molecule has 4 saturated heterocycles. The quantitative estimate of drug-likeness (QED) is 0.0656. The first-order chi connectivity index (χ1) is 29.7. The third-order valence-corrected chi connectivity index (χ3v) is 14.6. The molecule has 2 aromatic rings. The van der Waals surface area contributed by atoms with Gasteiger partial charge >= 0.3 is 17.9 Å². The maximum atomic E-state index is 14.1. The van der Waals surface area contributed by atoms with Gasteiger partial charge < -0.3 is 50.1 Å². The molecule has 0 aliphatic carbocycles. The molecular weight excluding hydrogens is 825 g/mol. The van der Waals surface area contributed by atoms with Crippen molar-refractivity contribution in [3.63, 3.8) is 0 Å². The van der Waals surface area contributed by atoms with E-state index >= 15 is 0 Å². The number of hydrogen-bond acceptors (Lipinski definition) is 13. The van der Waals surface area contributed by atoms with Crippen LogP contribution in [-0.2, 0) is 18.9 Å². The zero-order chi connectivity index (χ0) is 48.3. The van der Waals surface area contributed by atoms with Gasteiger partial charge in [-0.3, -0.25) is 0 Å². The van der Waals surface area contributed by atoms with Crippen LogP contribution in [-0.4, -0.2) is 93.8 Å². The molecule has 0 spiro atoms. The van der Waals surface area contributed by atoms with E-state index < -0.39 is 24.2 Å². The highest BCUT2D eigenvalue weighted by Crippen LogP contribution is 2.41. The highest BCUT2D eigenvalue weighted by molar-refractivity contribution is 6.03. The number of benzene rings is 2. The minimum Gasteiger partial charge on any atom is -0.462 e. The first-order valence-corrected chi connectivity index (χ1v) is 23.6. The van der Waals surface area contributed by atoms with Gasteiger partial charge in [0.05, 0.1) is 43.1 Å². The number of carbonyl (C=O) groups excluding carboxylic acids is 3. The number of aliphatic hydroxyl groups is 1. The van der Waals surface area contributed by atoms with E-state index in [0.717, 1.165) is 25.7 Å². The van der Waals surface area contributed by atoms with Crippen molar-refractivity contribution in [2.24, 2.45) is 23.7 Å². The van der Waals surface area contributed by atoms with Gasteiger partial charge in [0.25, 0.3) is 0 Å². The summed E-state index contributed by atoms with van der Waals surface area (Å²) in [5, 5.41) is 26.3. The fourth-order valence-electron chi connectivity index (χ4n) is 11.8. The molecular formula is C52H80N4O9. The molecule has 362 valence electrons. The second kappa shape index (κ2) is 17.8. The molecule has 4 heterocycles. The van der Waals surface area contributed by atoms with Crippen molar-refractivity contribution in [2.45, 2.75) is 187 Å². The average molecular weight is 905 g/mol. The van der Waals surface area contributed by atoms with Gasteiger partial charge in [-0.15, -0.1) is 0 Å². The summed E-state index contributed by atoms with van der Waals surface area (Å²) in [6, 6.07) is 9.32. The molecule has 6 rings (SSSR count). The monoisotopic (exact) mass is 905 g/mol. The molecule has 0 bridgehead atoms. The van der Waals surface area contributed by atoms with Crippen molar-refractivity contribution < 1.29 is 43.2 Å². The second-order valence-corrected chi connectivity index (χ2v) is 24.6. The maximum absolute atomic E-state index is 14.1. The van der Waals surface area contributed by atoms with Gasteiger partial charge in [0.15, 0.2) is 6.29 Å². The fraction of sp³-hybridized carbons (Fsp3) is 0.712. The number of aliphatic hydroxyl groups excluding tert-OH is 1. The molecule has 2 aromatic carbocycles. The molecule has 13 heteroatoms. The third kappa shape index (κ3) is 12.1. The summed E-state index contributed by atoms with van der Waals surface area (Å²) in [5.74, 6) is -1.16. The van der Waals surface area contributed by atoms with Crippen molar-refractivity contribution in [3.05, 3.63) is 58.7 Å². The van der Waals surface area contributed by atoms with E-state index in [-0.39, 0.29) is 128 Å². The Bertz CT molecular complexity index is 2100. The normalized spacial score (nSPS) is 27.8. The van der Waals surface area contributed by atoms with Crippen LogP contribution in [0.2, 0.25) is 0 Å². The van der Waals surface area contributed by atoms with Crippen LogP contribution in [0.4, 0.5) is 0 Å². The summed E-state index contributed by atoms with van der Waals surface area (Å²) in [6.07, 6.45) is 1.79. The van der Waals surface area contributed by atoms with Crippen molar-refractivity contribution in [1.82, 2.24) is 21.3 Å². The second-order valence-electron chi connectivity index (χ2n) is 24.6. The Morgan fingerprint density at radius 2 is 0.815 bits per heavy atom. The predicted molar refractivity (Wildman–Crippen MR) is 252 cm³/mol. The Labute approximate surface area is 388 Å². The summed E-state index contributed by atoms with van der Waals surface area (Å²) in [5.41, 5.74) is -1.09. The molecule has 4 aliphatic rings. The molecule has 65 heavy (non-hydrogen) atoms. The Hall–Kier alpha value is -3.59. The van der Waals surface area contributed by atoms with E-state index in [2.05, 4.69) is 132 Å². The van der Waals surface area contributed by atoms with Gasteiger partial charge in [0, 0.05) is 73.5 Å². The van der Waals surface area contributed by atoms with Crippen LogP contribution in [0.25, 0.3) is 0 Å². The van der Waals surface area contributed by atoms with E-state index in [1.54, 1.807) is 24.3 Å². The molecule has 5 atom stereocenters. The van der Waals surface area contributed by atoms with Crippen LogP contribution in [0, 0.1) is 23.7 Å². The van der Waals surface area contributed by atoms with Crippen molar-refractivity contribution in [2.75, 3.05) is 26.4 Å². The van der Waals surface area contributed by atoms with E-state index in [4.69, 9.17) is 23.7 Å². The summed E-state index contributed by atoms with van der Waals surface area (Å²) in [7, 11) is 0. The van der Waals surface area contributed by atoms with Crippen LogP contribution in [0.1, 0.15) is 179 Å². The molecule has 4 aliphatic heterocycles. The molecule has 0 aromatic heterocycles. The molecule has 0 radical (unpaired) electrons. The molecule has 0 amide bonds. The summed E-state index contributed by atoms with van der Waals surface area (Å²) in [6.45, 7) is 34.7. The lowest BCUT2D eigenvalue weighted by Gasteiger charge is -2.29. The van der Waals surface area contributed by atoms with Gasteiger partial charge in [-0.1, -0.05) is 0 Å². The number of esters is 3. The Kier molecular flexibility index (Phi) is 13.9. The minimum absolute atomic E-state index is 0.00617. The lowest BCUT2D eigenvalue weighted by Crippen LogP contribution is -2.46. The number of rotatable bonds is 15. The van der Waals surface area contributed by atoms with E-state index in [0.29, 0.717) is 0 Å². The van der Waals surface area contributed by atoms with Gasteiger partial charge in [-0.2, -0.15) is 0 Å². The first-order valence-electron chi connectivity index (χ1n) is 23.6. The van der Waals surface area contributed by atoms with Crippen molar-refractivity contribution in [3.8, 4) is 11.5 Å². The molecule has 0 saturated carbocycles. The molecule has 13 nitrogen and oxygen atoms in total. The maximum Gasteiger partial charge on any atom is 0.339 e. The standard InChI is InChI=1S/C52H80N4O9/c1-45(2)23-31(49(9,10)53-45)27-61-41(57)37-19-17-35(21-39(37)43(59)63-29-33-25-47(5,6)55-51(33,13)14)65-36-18-20-38(42(58)62-28-32-24-46(3,4)54-50(32,11)12)40(22-36)44(60)64-30-34-26-48(7,8)56-52(34,15)16/h17-22,31-34,43,53-56,59H,23-30H2,1-16H3. The zero-order valence-corrected chi connectivity index (χ0v) is 42.2. The van der Waals surface area contributed by atoms with Crippen LogP contribution in [0.5, 0.6) is 11.5 Å². The predicted octanol–water partition coefficient (Wildman–Crippen LogP) is 8.62. The third-order valence-electron chi connectivity index (χ3n) is 14.6. The van der Waals surface area contributed by atoms with E-state index in [1.165, 1.54) is 12.1 Å². The van der Waals surface area contributed by atoms with Crippen LogP contribution >= 0.6 is 0 Å². The molecule has 5 unspecified atom stereocenters. The van der Waals surface area contributed by atoms with Gasteiger partial charge in [0.1, 0.15) is 11.5 Å².